The van der Waals surface area contributed by atoms with Gasteiger partial charge in [-0.1, -0.05) is 17.7 Å². The molecule has 0 radical (unpaired) electrons. The summed E-state index contributed by atoms with van der Waals surface area (Å²) < 4.78 is 0. The number of rotatable bonds is 12. The molecule has 0 aromatic heterocycles. The lowest BCUT2D eigenvalue weighted by molar-refractivity contribution is 0.307. The van der Waals surface area contributed by atoms with E-state index in [0.717, 1.165) is 32.4 Å². The lowest BCUT2D eigenvalue weighted by Gasteiger charge is -2.28. The number of nitrogens with zero attached hydrogens (tertiary/aromatic N) is 2. The third-order valence-electron chi connectivity index (χ3n) is 4.92. The molecule has 0 fully saturated rings. The molecule has 7 heteroatoms. The first-order valence-electron chi connectivity index (χ1n) is 8.69. The Morgan fingerprint density at radius 1 is 0.880 bits per heavy atom. The predicted molar refractivity (Wildman–Crippen MR) is 107 cm³/mol. The van der Waals surface area contributed by atoms with Crippen LogP contribution in [0.25, 0.3) is 0 Å². The van der Waals surface area contributed by atoms with E-state index in [0.29, 0.717) is 23.9 Å². The molecular formula is C18H41N5O2. The van der Waals surface area contributed by atoms with Gasteiger partial charge in [-0.25, -0.2) is 0 Å². The Morgan fingerprint density at radius 2 is 1.24 bits per heavy atom. The molecule has 0 bridgehead atoms. The van der Waals surface area contributed by atoms with Crippen molar-refractivity contribution in [2.75, 3.05) is 19.6 Å². The minimum Gasteiger partial charge on any atom is -0.411 e. The van der Waals surface area contributed by atoms with E-state index in [-0.39, 0.29) is 18.5 Å². The van der Waals surface area contributed by atoms with Gasteiger partial charge >= 0.3 is 0 Å². The minimum atomic E-state index is -0.322. The van der Waals surface area contributed by atoms with Gasteiger partial charge in [0.1, 0.15) is 0 Å². The highest BCUT2D eigenvalue weighted by molar-refractivity contribution is 5.90. The van der Waals surface area contributed by atoms with E-state index in [1.807, 2.05) is 27.7 Å². The smallest absolute Gasteiger partial charge is 0.0734 e. The quantitative estimate of drug-likeness (QED) is 0.209. The molecule has 6 N–H and O–H groups in total. The van der Waals surface area contributed by atoms with E-state index < -0.39 is 0 Å². The van der Waals surface area contributed by atoms with Crippen molar-refractivity contribution in [3.8, 4) is 0 Å². The van der Waals surface area contributed by atoms with Gasteiger partial charge in [0.2, 0.25) is 0 Å². The van der Waals surface area contributed by atoms with Crippen molar-refractivity contribution in [2.45, 2.75) is 79.3 Å². The third-order valence-corrected chi connectivity index (χ3v) is 4.92. The Hall–Kier alpha value is -1.18. The molecule has 0 rings (SSSR count). The molecular weight excluding hydrogens is 318 g/mol. The molecule has 0 unspecified atom stereocenters. The van der Waals surface area contributed by atoms with Gasteiger partial charge in [-0.15, -0.1) is 0 Å². The highest BCUT2D eigenvalue weighted by atomic mass is 16.4. The molecule has 0 aliphatic rings. The number of oxime groups is 2. The summed E-state index contributed by atoms with van der Waals surface area (Å²) in [5, 5.41) is 31.3. The first-order chi connectivity index (χ1) is 11.1. The fourth-order valence-corrected chi connectivity index (χ4v) is 2.35. The highest BCUT2D eigenvalue weighted by Gasteiger charge is 2.23. The molecule has 0 aliphatic carbocycles. The van der Waals surface area contributed by atoms with Crippen LogP contribution in [-0.2, 0) is 0 Å². The third kappa shape index (κ3) is 9.77. The van der Waals surface area contributed by atoms with E-state index in [9.17, 15) is 0 Å². The van der Waals surface area contributed by atoms with Crippen LogP contribution in [0.15, 0.2) is 10.3 Å². The molecule has 0 amide bonds. The second-order valence-corrected chi connectivity index (χ2v) is 7.50. The second-order valence-electron chi connectivity index (χ2n) is 7.50. The standard InChI is InChI=1S/C17H37N5O2.CH4/c1-13(21-23)16(3,4)19-11-8-15(7-10-18)9-12-20-17(5,6)14(2)22-24;/h15,19-20,23-24H,7-12,18H2,1-6H3;1H4/b21-13+,22-14+;. The summed E-state index contributed by atoms with van der Waals surface area (Å²) >= 11 is 0. The molecule has 7 nitrogen and oxygen atoms in total. The predicted octanol–water partition coefficient (Wildman–Crippen LogP) is 2.80. The fraction of sp³-hybridized carbons (Fsp3) is 0.889. The minimum absolute atomic E-state index is 0. The molecule has 0 aliphatic heterocycles. The van der Waals surface area contributed by atoms with E-state index in [1.54, 1.807) is 13.8 Å². The maximum Gasteiger partial charge on any atom is 0.0734 e. The van der Waals surface area contributed by atoms with Gasteiger partial charge in [0.25, 0.3) is 0 Å². The summed E-state index contributed by atoms with van der Waals surface area (Å²) in [7, 11) is 0. The van der Waals surface area contributed by atoms with Crippen molar-refractivity contribution >= 4 is 11.4 Å². The fourth-order valence-electron chi connectivity index (χ4n) is 2.35. The maximum atomic E-state index is 8.92. The van der Waals surface area contributed by atoms with Gasteiger partial charge in [0.15, 0.2) is 0 Å². The SMILES string of the molecule is C.C/C(=N\O)C(C)(C)NCCC(CCN)CCNC(C)(C)/C(C)=N/O. The van der Waals surface area contributed by atoms with Gasteiger partial charge < -0.3 is 26.8 Å². The van der Waals surface area contributed by atoms with Gasteiger partial charge in [-0.05, 0) is 86.4 Å². The molecule has 150 valence electrons. The van der Waals surface area contributed by atoms with Crippen molar-refractivity contribution in [1.29, 1.82) is 0 Å². The van der Waals surface area contributed by atoms with E-state index in [2.05, 4.69) is 20.9 Å². The second kappa shape index (κ2) is 12.2. The summed E-state index contributed by atoms with van der Waals surface area (Å²) in [5.41, 5.74) is 6.43. The highest BCUT2D eigenvalue weighted by Crippen LogP contribution is 2.14. The van der Waals surface area contributed by atoms with Crippen LogP contribution >= 0.6 is 0 Å². The molecule has 25 heavy (non-hydrogen) atoms. The van der Waals surface area contributed by atoms with Crippen LogP contribution in [0.4, 0.5) is 0 Å². The zero-order valence-corrected chi connectivity index (χ0v) is 16.2. The van der Waals surface area contributed by atoms with Crippen molar-refractivity contribution in [3.63, 3.8) is 0 Å². The van der Waals surface area contributed by atoms with Crippen LogP contribution in [0, 0.1) is 5.92 Å². The van der Waals surface area contributed by atoms with Crippen molar-refractivity contribution in [2.24, 2.45) is 22.0 Å². The molecule has 0 aromatic rings. The Kier molecular flexibility index (Phi) is 12.7. The Morgan fingerprint density at radius 3 is 1.52 bits per heavy atom. The van der Waals surface area contributed by atoms with Gasteiger partial charge in [-0.2, -0.15) is 0 Å². The maximum absolute atomic E-state index is 8.92. The van der Waals surface area contributed by atoms with Gasteiger partial charge in [0.05, 0.1) is 22.5 Å². The lowest BCUT2D eigenvalue weighted by atomic mass is 9.94. The van der Waals surface area contributed by atoms with Crippen LogP contribution in [0.2, 0.25) is 0 Å². The number of hydrogen-bond acceptors (Lipinski definition) is 7. The van der Waals surface area contributed by atoms with Gasteiger partial charge in [-0.3, -0.25) is 0 Å². The number of nitrogens with two attached hydrogens (primary N) is 1. The molecule has 0 heterocycles. The summed E-state index contributed by atoms with van der Waals surface area (Å²) in [6.07, 6.45) is 2.99. The van der Waals surface area contributed by atoms with Crippen molar-refractivity contribution < 1.29 is 10.4 Å². The zero-order valence-electron chi connectivity index (χ0n) is 16.2. The zero-order chi connectivity index (χ0) is 18.8. The van der Waals surface area contributed by atoms with Gasteiger partial charge in [0, 0.05) is 0 Å². The van der Waals surface area contributed by atoms with Crippen LogP contribution in [0.3, 0.4) is 0 Å². The monoisotopic (exact) mass is 359 g/mol. The summed E-state index contributed by atoms with van der Waals surface area (Å²) in [6, 6.07) is 0. The molecule has 0 aromatic carbocycles. The summed E-state index contributed by atoms with van der Waals surface area (Å²) in [4.78, 5) is 0. The Bertz CT molecular complexity index is 384. The molecule has 0 atom stereocenters. The molecule has 0 spiro atoms. The molecule has 0 saturated carbocycles. The number of hydrogen-bond donors (Lipinski definition) is 5. The topological polar surface area (TPSA) is 115 Å². The average Bonchev–Trinajstić information content (AvgIpc) is 2.52. The Labute approximate surface area is 154 Å². The van der Waals surface area contributed by atoms with E-state index in [4.69, 9.17) is 16.1 Å². The normalized spacial score (nSPS) is 15.0. The van der Waals surface area contributed by atoms with E-state index in [1.165, 1.54) is 0 Å². The van der Waals surface area contributed by atoms with Crippen LogP contribution in [-0.4, -0.2) is 52.5 Å². The van der Waals surface area contributed by atoms with Crippen molar-refractivity contribution in [3.05, 3.63) is 0 Å². The largest absolute Gasteiger partial charge is 0.411 e. The lowest BCUT2D eigenvalue weighted by Crippen LogP contribution is -2.47. The molecule has 0 saturated heterocycles. The number of nitrogens with one attached hydrogen (secondary N) is 2. The first kappa shape index (κ1) is 26.1. The Balaban J connectivity index is 0. The van der Waals surface area contributed by atoms with E-state index >= 15 is 0 Å². The van der Waals surface area contributed by atoms with Crippen LogP contribution in [0.1, 0.15) is 68.2 Å². The van der Waals surface area contributed by atoms with Crippen LogP contribution < -0.4 is 16.4 Å². The summed E-state index contributed by atoms with van der Waals surface area (Å²) in [5.74, 6) is 0.513. The summed E-state index contributed by atoms with van der Waals surface area (Å²) in [6.45, 7) is 14.0. The van der Waals surface area contributed by atoms with Crippen LogP contribution in [0.5, 0.6) is 0 Å². The van der Waals surface area contributed by atoms with Crippen molar-refractivity contribution in [1.82, 2.24) is 10.6 Å². The first-order valence-corrected chi connectivity index (χ1v) is 8.69. The average molecular weight is 360 g/mol.